The van der Waals surface area contributed by atoms with E-state index in [1.165, 1.54) is 5.56 Å². The molecule has 0 aliphatic carbocycles. The van der Waals surface area contributed by atoms with E-state index in [4.69, 9.17) is 9.47 Å². The van der Waals surface area contributed by atoms with Gasteiger partial charge in [0.1, 0.15) is 18.5 Å². The lowest BCUT2D eigenvalue weighted by Gasteiger charge is -2.16. The third-order valence-electron chi connectivity index (χ3n) is 3.90. The summed E-state index contributed by atoms with van der Waals surface area (Å²) in [5.74, 6) is 0.831. The molecule has 0 aromatic heterocycles. The molecule has 1 N–H and O–H groups in total. The van der Waals surface area contributed by atoms with Gasteiger partial charge < -0.3 is 14.6 Å². The van der Waals surface area contributed by atoms with Gasteiger partial charge >= 0.3 is 0 Å². The molecule has 0 radical (unpaired) electrons. The van der Waals surface area contributed by atoms with Crippen LogP contribution < -0.4 is 4.74 Å². The molecule has 3 rings (SSSR count). The maximum Gasteiger partial charge on any atom is 0.135 e. The van der Waals surface area contributed by atoms with Gasteiger partial charge in [-0.1, -0.05) is 42.0 Å². The highest BCUT2D eigenvalue weighted by atomic mass is 16.5. The Balaban J connectivity index is 2.02. The fraction of sp³-hybridized carbons (Fsp3) is 0.300. The van der Waals surface area contributed by atoms with E-state index in [2.05, 4.69) is 43.3 Å². The number of aliphatic hydroxyl groups is 1. The topological polar surface area (TPSA) is 38.7 Å². The lowest BCUT2D eigenvalue weighted by molar-refractivity contribution is 0.0170. The molecular formula is C20H22O3. The monoisotopic (exact) mass is 310 g/mol. The molecule has 0 aliphatic rings. The SMILES string of the molecule is CCOCC(O)COc1c2ccccc2cc2ccc(C)cc12. The minimum Gasteiger partial charge on any atom is -0.489 e. The highest BCUT2D eigenvalue weighted by molar-refractivity contribution is 6.05. The standard InChI is InChI=1S/C20H22O3/c1-3-22-12-17(21)13-23-20-18-7-5-4-6-15(18)11-16-9-8-14(2)10-19(16)20/h4-11,17,21H,3,12-13H2,1-2H3. The molecule has 120 valence electrons. The summed E-state index contributed by atoms with van der Waals surface area (Å²) in [6.07, 6.45) is -0.631. The number of benzene rings is 3. The van der Waals surface area contributed by atoms with Gasteiger partial charge in [-0.05, 0) is 36.8 Å². The molecule has 0 spiro atoms. The van der Waals surface area contributed by atoms with Crippen LogP contribution in [0.1, 0.15) is 12.5 Å². The van der Waals surface area contributed by atoms with Crippen molar-refractivity contribution in [3.8, 4) is 5.75 Å². The minimum absolute atomic E-state index is 0.219. The molecule has 0 fully saturated rings. The number of aliphatic hydroxyl groups excluding tert-OH is 1. The van der Waals surface area contributed by atoms with Crippen molar-refractivity contribution in [3.63, 3.8) is 0 Å². The highest BCUT2D eigenvalue weighted by Gasteiger charge is 2.12. The van der Waals surface area contributed by atoms with Gasteiger partial charge in [-0.3, -0.25) is 0 Å². The van der Waals surface area contributed by atoms with Crippen LogP contribution in [-0.4, -0.2) is 31.0 Å². The summed E-state index contributed by atoms with van der Waals surface area (Å²) in [5.41, 5.74) is 1.19. The average Bonchev–Trinajstić information content (AvgIpc) is 2.57. The Hall–Kier alpha value is -2.10. The number of rotatable bonds is 6. The Labute approximate surface area is 136 Å². The van der Waals surface area contributed by atoms with Gasteiger partial charge in [-0.15, -0.1) is 0 Å². The van der Waals surface area contributed by atoms with E-state index >= 15 is 0 Å². The van der Waals surface area contributed by atoms with Gasteiger partial charge in [-0.25, -0.2) is 0 Å². The third-order valence-corrected chi connectivity index (χ3v) is 3.90. The van der Waals surface area contributed by atoms with E-state index in [9.17, 15) is 5.11 Å². The molecule has 3 aromatic rings. The maximum atomic E-state index is 9.99. The van der Waals surface area contributed by atoms with Crippen LogP contribution in [0.2, 0.25) is 0 Å². The van der Waals surface area contributed by atoms with Gasteiger partial charge in [0.25, 0.3) is 0 Å². The first kappa shape index (κ1) is 15.8. The quantitative estimate of drug-likeness (QED) is 0.697. The molecule has 0 saturated heterocycles. The fourth-order valence-corrected chi connectivity index (χ4v) is 2.77. The number of aryl methyl sites for hydroxylation is 1. The van der Waals surface area contributed by atoms with E-state index in [0.29, 0.717) is 6.61 Å². The summed E-state index contributed by atoms with van der Waals surface area (Å²) in [4.78, 5) is 0. The van der Waals surface area contributed by atoms with Crippen molar-refractivity contribution in [2.45, 2.75) is 20.0 Å². The van der Waals surface area contributed by atoms with Crippen LogP contribution in [0.5, 0.6) is 5.75 Å². The molecule has 1 atom stereocenters. The first-order valence-corrected chi connectivity index (χ1v) is 7.99. The second-order valence-electron chi connectivity index (χ2n) is 5.78. The summed E-state index contributed by atoms with van der Waals surface area (Å²) in [6, 6.07) is 16.7. The summed E-state index contributed by atoms with van der Waals surface area (Å²) in [7, 11) is 0. The second-order valence-corrected chi connectivity index (χ2v) is 5.78. The molecule has 23 heavy (non-hydrogen) atoms. The van der Waals surface area contributed by atoms with Gasteiger partial charge in [0, 0.05) is 17.4 Å². The van der Waals surface area contributed by atoms with Crippen LogP contribution in [0, 0.1) is 6.92 Å². The molecule has 0 aliphatic heterocycles. The summed E-state index contributed by atoms with van der Waals surface area (Å²) >= 11 is 0. The molecular weight excluding hydrogens is 288 g/mol. The van der Waals surface area contributed by atoms with Gasteiger partial charge in [-0.2, -0.15) is 0 Å². The normalized spacial score (nSPS) is 12.7. The van der Waals surface area contributed by atoms with Gasteiger partial charge in [0.15, 0.2) is 0 Å². The van der Waals surface area contributed by atoms with Crippen LogP contribution >= 0.6 is 0 Å². The minimum atomic E-state index is -0.631. The van der Waals surface area contributed by atoms with Crippen LogP contribution in [0.3, 0.4) is 0 Å². The van der Waals surface area contributed by atoms with Crippen LogP contribution in [0.25, 0.3) is 21.5 Å². The molecule has 1 unspecified atom stereocenters. The largest absolute Gasteiger partial charge is 0.489 e. The molecule has 0 saturated carbocycles. The zero-order chi connectivity index (χ0) is 16.2. The van der Waals surface area contributed by atoms with Gasteiger partial charge in [0.2, 0.25) is 0 Å². The average molecular weight is 310 g/mol. The van der Waals surface area contributed by atoms with Crippen molar-refractivity contribution in [1.82, 2.24) is 0 Å². The summed E-state index contributed by atoms with van der Waals surface area (Å²) in [5, 5.41) is 14.4. The van der Waals surface area contributed by atoms with E-state index in [-0.39, 0.29) is 13.2 Å². The van der Waals surface area contributed by atoms with Crippen LogP contribution in [-0.2, 0) is 4.74 Å². The Morgan fingerprint density at radius 2 is 1.74 bits per heavy atom. The molecule has 3 heteroatoms. The predicted molar refractivity (Wildman–Crippen MR) is 94.2 cm³/mol. The first-order chi connectivity index (χ1) is 11.2. The number of ether oxygens (including phenoxy) is 2. The Kier molecular flexibility index (Phi) is 4.79. The summed E-state index contributed by atoms with van der Waals surface area (Å²) in [6.45, 7) is 5.08. The molecule has 0 bridgehead atoms. The lowest BCUT2D eigenvalue weighted by Crippen LogP contribution is -2.23. The molecule has 3 nitrogen and oxygen atoms in total. The van der Waals surface area contributed by atoms with Crippen molar-refractivity contribution in [3.05, 3.63) is 54.1 Å². The number of hydrogen-bond donors (Lipinski definition) is 1. The molecule has 3 aromatic carbocycles. The van der Waals surface area contributed by atoms with Crippen molar-refractivity contribution in [1.29, 1.82) is 0 Å². The van der Waals surface area contributed by atoms with E-state index in [0.717, 1.165) is 27.3 Å². The first-order valence-electron chi connectivity index (χ1n) is 7.99. The lowest BCUT2D eigenvalue weighted by atomic mass is 10.0. The maximum absolute atomic E-state index is 9.99. The predicted octanol–water partition coefficient (Wildman–Crippen LogP) is 4.08. The van der Waals surface area contributed by atoms with E-state index in [1.54, 1.807) is 0 Å². The van der Waals surface area contributed by atoms with Crippen molar-refractivity contribution < 1.29 is 14.6 Å². The fourth-order valence-electron chi connectivity index (χ4n) is 2.77. The van der Waals surface area contributed by atoms with Crippen LogP contribution in [0.15, 0.2) is 48.5 Å². The second kappa shape index (κ2) is 6.99. The van der Waals surface area contributed by atoms with Crippen molar-refractivity contribution in [2.75, 3.05) is 19.8 Å². The Bertz CT molecular complexity index is 810. The smallest absolute Gasteiger partial charge is 0.135 e. The highest BCUT2D eigenvalue weighted by Crippen LogP contribution is 2.35. The van der Waals surface area contributed by atoms with Gasteiger partial charge in [0.05, 0.1) is 6.61 Å². The molecule has 0 amide bonds. The Morgan fingerprint density at radius 3 is 2.57 bits per heavy atom. The summed E-state index contributed by atoms with van der Waals surface area (Å²) < 4.78 is 11.3. The van der Waals surface area contributed by atoms with Crippen LogP contribution in [0.4, 0.5) is 0 Å². The van der Waals surface area contributed by atoms with E-state index in [1.807, 2.05) is 19.1 Å². The van der Waals surface area contributed by atoms with Crippen molar-refractivity contribution >= 4 is 21.5 Å². The van der Waals surface area contributed by atoms with E-state index < -0.39 is 6.10 Å². The molecule has 0 heterocycles. The number of hydrogen-bond acceptors (Lipinski definition) is 3. The number of fused-ring (bicyclic) bond motifs is 2. The third kappa shape index (κ3) is 3.46. The Morgan fingerprint density at radius 1 is 0.957 bits per heavy atom. The zero-order valence-corrected chi connectivity index (χ0v) is 13.6. The zero-order valence-electron chi connectivity index (χ0n) is 13.6. The van der Waals surface area contributed by atoms with Crippen molar-refractivity contribution in [2.24, 2.45) is 0 Å².